The predicted octanol–water partition coefficient (Wildman–Crippen LogP) is 2.86. The Hall–Kier alpha value is -3.48. The van der Waals surface area contributed by atoms with E-state index in [-0.39, 0.29) is 5.91 Å². The summed E-state index contributed by atoms with van der Waals surface area (Å²) >= 11 is 0. The van der Waals surface area contributed by atoms with Gasteiger partial charge in [-0.3, -0.25) is 9.78 Å². The molecule has 1 aromatic carbocycles. The van der Waals surface area contributed by atoms with Crippen LogP contribution in [-0.4, -0.2) is 28.0 Å². The van der Waals surface area contributed by atoms with E-state index in [4.69, 9.17) is 4.74 Å². The van der Waals surface area contributed by atoms with E-state index in [0.717, 1.165) is 17.0 Å². The lowest BCUT2D eigenvalue weighted by Crippen LogP contribution is -2.24. The van der Waals surface area contributed by atoms with Crippen molar-refractivity contribution in [3.63, 3.8) is 0 Å². The van der Waals surface area contributed by atoms with E-state index in [1.807, 2.05) is 36.4 Å². The molecule has 0 fully saturated rings. The van der Waals surface area contributed by atoms with Crippen molar-refractivity contribution in [1.29, 1.82) is 0 Å². The van der Waals surface area contributed by atoms with Crippen molar-refractivity contribution < 1.29 is 9.53 Å². The van der Waals surface area contributed by atoms with Gasteiger partial charge < -0.3 is 15.4 Å². The smallest absolute Gasteiger partial charge is 0.270 e. The highest BCUT2D eigenvalue weighted by Crippen LogP contribution is 2.19. The first-order valence-electron chi connectivity index (χ1n) is 8.08. The maximum absolute atomic E-state index is 12.4. The zero-order valence-corrected chi connectivity index (χ0v) is 14.6. The number of nitrogens with one attached hydrogen (secondary N) is 2. The number of anilines is 2. The second kappa shape index (κ2) is 8.06. The molecule has 2 heterocycles. The number of benzene rings is 1. The molecule has 26 heavy (non-hydrogen) atoms. The van der Waals surface area contributed by atoms with Gasteiger partial charge in [-0.15, -0.1) is 0 Å². The minimum Gasteiger partial charge on any atom is -0.497 e. The van der Waals surface area contributed by atoms with Crippen LogP contribution in [-0.2, 0) is 6.54 Å². The van der Waals surface area contributed by atoms with Gasteiger partial charge in [-0.1, -0.05) is 0 Å². The van der Waals surface area contributed by atoms with Gasteiger partial charge in [0.15, 0.2) is 0 Å². The lowest BCUT2D eigenvalue weighted by Gasteiger charge is -2.10. The summed E-state index contributed by atoms with van der Waals surface area (Å²) in [5.41, 5.74) is 2.12. The quantitative estimate of drug-likeness (QED) is 0.711. The van der Waals surface area contributed by atoms with Gasteiger partial charge in [0.2, 0.25) is 0 Å². The fourth-order valence-corrected chi connectivity index (χ4v) is 2.34. The van der Waals surface area contributed by atoms with Crippen molar-refractivity contribution >= 4 is 17.4 Å². The normalized spacial score (nSPS) is 10.2. The number of hydrogen-bond acceptors (Lipinski definition) is 6. The van der Waals surface area contributed by atoms with E-state index in [0.29, 0.717) is 23.9 Å². The average molecular weight is 349 g/mol. The third-order valence-corrected chi connectivity index (χ3v) is 3.64. The topological polar surface area (TPSA) is 89.0 Å². The molecule has 0 saturated carbocycles. The maximum Gasteiger partial charge on any atom is 0.270 e. The van der Waals surface area contributed by atoms with E-state index in [9.17, 15) is 4.79 Å². The number of carbonyl (C=O) groups is 1. The highest BCUT2D eigenvalue weighted by molar-refractivity contribution is 5.93. The summed E-state index contributed by atoms with van der Waals surface area (Å²) in [6.45, 7) is 2.16. The molecule has 7 heteroatoms. The number of aromatic nitrogens is 3. The summed E-state index contributed by atoms with van der Waals surface area (Å²) in [6, 6.07) is 12.8. The lowest BCUT2D eigenvalue weighted by molar-refractivity contribution is 0.0945. The molecule has 2 N–H and O–H groups in total. The number of ether oxygens (including phenoxy) is 1. The second-order valence-corrected chi connectivity index (χ2v) is 5.58. The van der Waals surface area contributed by atoms with Crippen LogP contribution in [0.4, 0.5) is 11.5 Å². The van der Waals surface area contributed by atoms with Crippen LogP contribution in [0.3, 0.4) is 0 Å². The molecule has 3 aromatic rings. The van der Waals surface area contributed by atoms with Crippen LogP contribution in [0, 0.1) is 6.92 Å². The third-order valence-electron chi connectivity index (χ3n) is 3.64. The Balaban J connectivity index is 1.70. The van der Waals surface area contributed by atoms with E-state index in [1.165, 1.54) is 0 Å². The van der Waals surface area contributed by atoms with Crippen LogP contribution in [0.15, 0.2) is 54.9 Å². The highest BCUT2D eigenvalue weighted by atomic mass is 16.5. The number of amides is 1. The number of rotatable bonds is 6. The molecule has 132 valence electrons. The summed E-state index contributed by atoms with van der Waals surface area (Å²) in [4.78, 5) is 24.9. The second-order valence-electron chi connectivity index (χ2n) is 5.58. The molecular weight excluding hydrogens is 330 g/mol. The Labute approximate surface area is 151 Å². The number of aryl methyl sites for hydroxylation is 1. The van der Waals surface area contributed by atoms with Gasteiger partial charge in [-0.05, 0) is 48.9 Å². The molecule has 0 spiro atoms. The zero-order valence-electron chi connectivity index (χ0n) is 14.6. The van der Waals surface area contributed by atoms with Gasteiger partial charge in [-0.2, -0.15) is 0 Å². The third kappa shape index (κ3) is 4.54. The van der Waals surface area contributed by atoms with E-state index >= 15 is 0 Å². The molecule has 3 rings (SSSR count). The fraction of sp³-hybridized carbons (Fsp3) is 0.158. The molecule has 0 saturated heterocycles. The van der Waals surface area contributed by atoms with Crippen LogP contribution in [0.2, 0.25) is 0 Å². The van der Waals surface area contributed by atoms with Crippen LogP contribution >= 0.6 is 0 Å². The van der Waals surface area contributed by atoms with Gasteiger partial charge in [-0.25, -0.2) is 9.97 Å². The Morgan fingerprint density at radius 3 is 2.50 bits per heavy atom. The van der Waals surface area contributed by atoms with Crippen molar-refractivity contribution in [3.8, 4) is 5.75 Å². The monoisotopic (exact) mass is 349 g/mol. The van der Waals surface area contributed by atoms with Gasteiger partial charge in [0, 0.05) is 30.7 Å². The first kappa shape index (κ1) is 17.3. The molecule has 7 nitrogen and oxygen atoms in total. The number of methoxy groups -OCH3 is 1. The van der Waals surface area contributed by atoms with E-state index < -0.39 is 0 Å². The van der Waals surface area contributed by atoms with Gasteiger partial charge in [0.05, 0.1) is 7.11 Å². The summed E-state index contributed by atoms with van der Waals surface area (Å²) in [5, 5.41) is 6.02. The molecule has 1 amide bonds. The van der Waals surface area contributed by atoms with Crippen molar-refractivity contribution in [1.82, 2.24) is 20.3 Å². The van der Waals surface area contributed by atoms with Crippen LogP contribution < -0.4 is 15.4 Å². The number of pyridine rings is 1. The Bertz CT molecular complexity index is 882. The first-order valence-corrected chi connectivity index (χ1v) is 8.08. The van der Waals surface area contributed by atoms with Gasteiger partial charge in [0.25, 0.3) is 5.91 Å². The molecule has 0 radical (unpaired) electrons. The first-order chi connectivity index (χ1) is 12.6. The summed E-state index contributed by atoms with van der Waals surface area (Å²) < 4.78 is 5.14. The molecule has 0 unspecified atom stereocenters. The van der Waals surface area contributed by atoms with Crippen molar-refractivity contribution in [2.75, 3.05) is 12.4 Å². The molecule has 0 bridgehead atoms. The Morgan fingerprint density at radius 1 is 1.08 bits per heavy atom. The van der Waals surface area contributed by atoms with Crippen LogP contribution in [0.25, 0.3) is 0 Å². The molecule has 2 aromatic heterocycles. The Kier molecular flexibility index (Phi) is 5.38. The molecular formula is C19H19N5O2. The average Bonchev–Trinajstić information content (AvgIpc) is 2.67. The minimum atomic E-state index is -0.259. The molecule has 0 aliphatic rings. The number of carbonyl (C=O) groups excluding carboxylic acids is 1. The SMILES string of the molecule is COc1ccc(Nc2cc(C(=O)NCc3ccncc3)nc(C)n2)cc1. The summed E-state index contributed by atoms with van der Waals surface area (Å²) in [5.74, 6) is 1.57. The van der Waals surface area contributed by atoms with E-state index in [1.54, 1.807) is 32.5 Å². The summed E-state index contributed by atoms with van der Waals surface area (Å²) in [6.07, 6.45) is 3.38. The Morgan fingerprint density at radius 2 is 1.81 bits per heavy atom. The highest BCUT2D eigenvalue weighted by Gasteiger charge is 2.10. The molecule has 0 aliphatic heterocycles. The van der Waals surface area contributed by atoms with Gasteiger partial charge >= 0.3 is 0 Å². The lowest BCUT2D eigenvalue weighted by atomic mass is 10.2. The molecule has 0 atom stereocenters. The standard InChI is InChI=1S/C19H19N5O2/c1-13-22-17(19(25)21-12-14-7-9-20-10-8-14)11-18(23-13)24-15-3-5-16(26-2)6-4-15/h3-11H,12H2,1-2H3,(H,21,25)(H,22,23,24). The van der Waals surface area contributed by atoms with Crippen molar-refractivity contribution in [3.05, 3.63) is 71.9 Å². The van der Waals surface area contributed by atoms with Crippen LogP contribution in [0.5, 0.6) is 5.75 Å². The zero-order chi connectivity index (χ0) is 18.4. The van der Waals surface area contributed by atoms with E-state index in [2.05, 4.69) is 25.6 Å². The van der Waals surface area contributed by atoms with Crippen LogP contribution in [0.1, 0.15) is 21.9 Å². The number of hydrogen-bond donors (Lipinski definition) is 2. The molecule has 0 aliphatic carbocycles. The largest absolute Gasteiger partial charge is 0.497 e. The van der Waals surface area contributed by atoms with Gasteiger partial charge in [0.1, 0.15) is 23.1 Å². The summed E-state index contributed by atoms with van der Waals surface area (Å²) in [7, 11) is 1.62. The number of nitrogens with zero attached hydrogens (tertiary/aromatic N) is 3. The minimum absolute atomic E-state index is 0.259. The fourth-order valence-electron chi connectivity index (χ4n) is 2.34. The predicted molar refractivity (Wildman–Crippen MR) is 98.5 cm³/mol. The van der Waals surface area contributed by atoms with Crippen molar-refractivity contribution in [2.24, 2.45) is 0 Å². The maximum atomic E-state index is 12.4. The van der Waals surface area contributed by atoms with Crippen molar-refractivity contribution in [2.45, 2.75) is 13.5 Å².